The standard InChI is InChI=1S/C10H14OP/c1-12(2,9-8-11)10-6-4-3-5-7-10/h3-8H,9H2,1-2H3/q+1. The Morgan fingerprint density at radius 3 is 2.33 bits per heavy atom. The Bertz CT molecular complexity index is 254. The third kappa shape index (κ3) is 2.15. The molecule has 0 aromatic heterocycles. The van der Waals surface area contributed by atoms with Gasteiger partial charge in [0.25, 0.3) is 0 Å². The highest BCUT2D eigenvalue weighted by atomic mass is 31.2. The molecule has 0 N–H and O–H groups in total. The van der Waals surface area contributed by atoms with Gasteiger partial charge in [-0.15, -0.1) is 0 Å². The molecule has 0 aliphatic heterocycles. The average Bonchev–Trinajstić information content (AvgIpc) is 2.06. The van der Waals surface area contributed by atoms with Gasteiger partial charge in [-0.1, -0.05) is 18.2 Å². The molecule has 0 aliphatic carbocycles. The third-order valence-electron chi connectivity index (χ3n) is 1.99. The van der Waals surface area contributed by atoms with Crippen molar-refractivity contribution < 1.29 is 4.79 Å². The molecule has 0 saturated carbocycles. The highest BCUT2D eigenvalue weighted by Gasteiger charge is 2.26. The number of carbonyl (C=O) groups excluding carboxylic acids is 1. The van der Waals surface area contributed by atoms with Crippen molar-refractivity contribution in [1.82, 2.24) is 0 Å². The summed E-state index contributed by atoms with van der Waals surface area (Å²) in [6.07, 6.45) is 1.72. The maximum atomic E-state index is 10.4. The van der Waals surface area contributed by atoms with Crippen LogP contribution >= 0.6 is 7.26 Å². The summed E-state index contributed by atoms with van der Waals surface area (Å²) < 4.78 is 0. The Labute approximate surface area is 74.1 Å². The van der Waals surface area contributed by atoms with Gasteiger partial charge in [-0.25, -0.2) is 0 Å². The van der Waals surface area contributed by atoms with Crippen molar-refractivity contribution in [3.63, 3.8) is 0 Å². The molecule has 0 amide bonds. The molecule has 0 unspecified atom stereocenters. The van der Waals surface area contributed by atoms with Gasteiger partial charge in [-0.3, -0.25) is 4.79 Å². The van der Waals surface area contributed by atoms with Crippen molar-refractivity contribution in [3.05, 3.63) is 30.3 Å². The van der Waals surface area contributed by atoms with Crippen molar-refractivity contribution in [2.24, 2.45) is 0 Å². The molecule has 0 bridgehead atoms. The Hall–Kier alpha value is -0.680. The van der Waals surface area contributed by atoms with Crippen LogP contribution in [-0.4, -0.2) is 25.8 Å². The van der Waals surface area contributed by atoms with Gasteiger partial charge in [0.2, 0.25) is 0 Å². The second kappa shape index (κ2) is 3.82. The van der Waals surface area contributed by atoms with Crippen LogP contribution in [0.2, 0.25) is 0 Å². The maximum Gasteiger partial charge on any atom is 0.157 e. The number of rotatable bonds is 3. The van der Waals surface area contributed by atoms with Crippen molar-refractivity contribution >= 4 is 18.9 Å². The van der Waals surface area contributed by atoms with E-state index in [0.717, 1.165) is 6.29 Å². The first-order valence-corrected chi connectivity index (χ1v) is 6.86. The first kappa shape index (κ1) is 9.41. The fourth-order valence-corrected chi connectivity index (χ4v) is 2.69. The molecule has 1 aromatic carbocycles. The summed E-state index contributed by atoms with van der Waals surface area (Å²) in [5.41, 5.74) is 0. The summed E-state index contributed by atoms with van der Waals surface area (Å²) in [5.74, 6) is 0. The van der Waals surface area contributed by atoms with Crippen LogP contribution in [0.3, 0.4) is 0 Å². The molecule has 1 rings (SSSR count). The fraction of sp³-hybridized carbons (Fsp3) is 0.300. The van der Waals surface area contributed by atoms with Crippen molar-refractivity contribution in [1.29, 1.82) is 0 Å². The van der Waals surface area contributed by atoms with Crippen molar-refractivity contribution in [2.45, 2.75) is 0 Å². The fourth-order valence-electron chi connectivity index (χ4n) is 1.12. The molecular formula is C10H14OP+. The number of carbonyl (C=O) groups is 1. The van der Waals surface area contributed by atoms with E-state index in [4.69, 9.17) is 0 Å². The minimum atomic E-state index is -1.16. The van der Waals surface area contributed by atoms with Gasteiger partial charge in [0.15, 0.2) is 6.29 Å². The van der Waals surface area contributed by atoms with Crippen LogP contribution < -0.4 is 5.30 Å². The van der Waals surface area contributed by atoms with Crippen LogP contribution in [-0.2, 0) is 4.79 Å². The van der Waals surface area contributed by atoms with Crippen LogP contribution in [0.5, 0.6) is 0 Å². The average molecular weight is 181 g/mol. The molecule has 1 nitrogen and oxygen atoms in total. The van der Waals surface area contributed by atoms with Crippen LogP contribution in [0, 0.1) is 0 Å². The SMILES string of the molecule is C[P+](C)(CC=O)c1ccccc1. The van der Waals surface area contributed by atoms with Gasteiger partial charge in [0.05, 0.1) is 18.6 Å². The Morgan fingerprint density at radius 2 is 1.83 bits per heavy atom. The molecule has 1 aromatic rings. The molecule has 0 saturated heterocycles. The lowest BCUT2D eigenvalue weighted by atomic mass is 10.4. The van der Waals surface area contributed by atoms with Crippen LogP contribution in [0.25, 0.3) is 0 Å². The molecule has 0 aliphatic rings. The molecule has 0 heterocycles. The minimum Gasteiger partial charge on any atom is -0.299 e. The summed E-state index contributed by atoms with van der Waals surface area (Å²) in [6, 6.07) is 10.3. The van der Waals surface area contributed by atoms with Crippen LogP contribution in [0.4, 0.5) is 0 Å². The van der Waals surface area contributed by atoms with E-state index in [1.54, 1.807) is 0 Å². The number of benzene rings is 1. The van der Waals surface area contributed by atoms with Gasteiger partial charge in [0.1, 0.15) is 6.16 Å². The lowest BCUT2D eigenvalue weighted by Crippen LogP contribution is -2.12. The van der Waals surface area contributed by atoms with E-state index in [0.29, 0.717) is 6.16 Å². The Morgan fingerprint density at radius 1 is 1.25 bits per heavy atom. The van der Waals surface area contributed by atoms with Crippen LogP contribution in [0.1, 0.15) is 0 Å². The van der Waals surface area contributed by atoms with E-state index < -0.39 is 7.26 Å². The van der Waals surface area contributed by atoms with E-state index in [2.05, 4.69) is 25.5 Å². The molecule has 64 valence electrons. The lowest BCUT2D eigenvalue weighted by Gasteiger charge is -2.13. The smallest absolute Gasteiger partial charge is 0.157 e. The van der Waals surface area contributed by atoms with Gasteiger partial charge in [0, 0.05) is 7.26 Å². The van der Waals surface area contributed by atoms with E-state index >= 15 is 0 Å². The normalized spacial score (nSPS) is 11.2. The second-order valence-electron chi connectivity index (χ2n) is 3.37. The van der Waals surface area contributed by atoms with E-state index in [1.807, 2.05) is 18.2 Å². The number of aldehydes is 1. The zero-order chi connectivity index (χ0) is 9.03. The highest BCUT2D eigenvalue weighted by Crippen LogP contribution is 2.48. The van der Waals surface area contributed by atoms with Crippen LogP contribution in [0.15, 0.2) is 30.3 Å². The first-order chi connectivity index (χ1) is 5.67. The summed E-state index contributed by atoms with van der Waals surface area (Å²) in [4.78, 5) is 10.4. The Kier molecular flexibility index (Phi) is 2.99. The van der Waals surface area contributed by atoms with Gasteiger partial charge in [-0.05, 0) is 12.1 Å². The van der Waals surface area contributed by atoms with Crippen molar-refractivity contribution in [2.75, 3.05) is 19.5 Å². The molecular weight excluding hydrogens is 167 g/mol. The maximum absolute atomic E-state index is 10.4. The van der Waals surface area contributed by atoms with Crippen molar-refractivity contribution in [3.8, 4) is 0 Å². The summed E-state index contributed by atoms with van der Waals surface area (Å²) in [5, 5.41) is 1.33. The van der Waals surface area contributed by atoms with E-state index in [-0.39, 0.29) is 0 Å². The molecule has 0 spiro atoms. The zero-order valence-corrected chi connectivity index (χ0v) is 8.42. The molecule has 0 fully saturated rings. The predicted molar refractivity (Wildman–Crippen MR) is 55.8 cm³/mol. The summed E-state index contributed by atoms with van der Waals surface area (Å²) in [6.45, 7) is 4.38. The molecule has 2 heteroatoms. The highest BCUT2D eigenvalue weighted by molar-refractivity contribution is 7.82. The monoisotopic (exact) mass is 181 g/mol. The topological polar surface area (TPSA) is 17.1 Å². The molecule has 0 atom stereocenters. The molecule has 0 radical (unpaired) electrons. The number of hydrogen-bond acceptors (Lipinski definition) is 1. The van der Waals surface area contributed by atoms with E-state index in [9.17, 15) is 4.79 Å². The first-order valence-electron chi connectivity index (χ1n) is 3.99. The minimum absolute atomic E-state index is 0.691. The van der Waals surface area contributed by atoms with Gasteiger partial charge >= 0.3 is 0 Å². The largest absolute Gasteiger partial charge is 0.299 e. The summed E-state index contributed by atoms with van der Waals surface area (Å²) >= 11 is 0. The summed E-state index contributed by atoms with van der Waals surface area (Å²) in [7, 11) is -1.16. The second-order valence-corrected chi connectivity index (χ2v) is 7.62. The zero-order valence-electron chi connectivity index (χ0n) is 7.53. The lowest BCUT2D eigenvalue weighted by molar-refractivity contribution is -0.105. The third-order valence-corrected chi connectivity index (χ3v) is 4.74. The van der Waals surface area contributed by atoms with Gasteiger partial charge in [-0.2, -0.15) is 0 Å². The predicted octanol–water partition coefficient (Wildman–Crippen LogP) is 1.79. The van der Waals surface area contributed by atoms with Gasteiger partial charge < -0.3 is 0 Å². The number of hydrogen-bond donors (Lipinski definition) is 0. The quantitative estimate of drug-likeness (QED) is 0.513. The molecule has 12 heavy (non-hydrogen) atoms. The van der Waals surface area contributed by atoms with E-state index in [1.165, 1.54) is 5.30 Å². The Balaban J connectivity index is 2.89.